The number of likely N-dealkylation sites (tertiary alicyclic amines) is 1. The minimum atomic E-state index is -0.511. The molecular formula is C27H27N5O4. The van der Waals surface area contributed by atoms with E-state index in [1.807, 2.05) is 37.3 Å². The molecule has 2 aromatic carbocycles. The molecule has 0 aliphatic carbocycles. The maximum atomic E-state index is 12.8. The van der Waals surface area contributed by atoms with Gasteiger partial charge in [0.2, 0.25) is 0 Å². The molecule has 1 saturated heterocycles. The van der Waals surface area contributed by atoms with Gasteiger partial charge in [0.25, 0.3) is 0 Å². The number of aromatic amines is 3. The number of carbonyl (C=O) groups excluding carboxylic acids is 1. The van der Waals surface area contributed by atoms with Gasteiger partial charge in [-0.25, -0.2) is 9.59 Å². The maximum absolute atomic E-state index is 12.8. The molecular weight excluding hydrogens is 458 g/mol. The van der Waals surface area contributed by atoms with Crippen LogP contribution in [0.5, 0.6) is 0 Å². The number of H-pyrrole nitrogens is 3. The van der Waals surface area contributed by atoms with E-state index in [0.717, 1.165) is 72.1 Å². The number of benzene rings is 2. The summed E-state index contributed by atoms with van der Waals surface area (Å²) in [7, 11) is 0. The van der Waals surface area contributed by atoms with Crippen LogP contribution in [-0.4, -0.2) is 50.3 Å². The number of aromatic nitrogens is 4. The standard InChI is InChI=1S/C27H27N5O4/c1-15-13-17(14-21-22(15)31-27(35)36-21)20(33)7-4-10-32-11-8-16(9-12-32)23-25-24(29-26(34)30-25)18-5-2-3-6-19(18)28-23/h2-3,5-6,13-14,16H,4,7-12H2,1H3,(H,31,35)(H2,29,30,34). The first-order valence-electron chi connectivity index (χ1n) is 12.4. The number of nitrogens with one attached hydrogen (secondary N) is 3. The summed E-state index contributed by atoms with van der Waals surface area (Å²) in [5, 5.41) is 0.949. The van der Waals surface area contributed by atoms with Crippen LogP contribution in [0.15, 0.2) is 50.4 Å². The van der Waals surface area contributed by atoms with Crippen LogP contribution in [-0.2, 0) is 0 Å². The van der Waals surface area contributed by atoms with E-state index in [1.165, 1.54) is 0 Å². The molecule has 4 heterocycles. The monoisotopic (exact) mass is 485 g/mol. The highest BCUT2D eigenvalue weighted by Gasteiger charge is 2.25. The highest BCUT2D eigenvalue weighted by atomic mass is 16.4. The van der Waals surface area contributed by atoms with Gasteiger partial charge in [0.15, 0.2) is 11.4 Å². The summed E-state index contributed by atoms with van der Waals surface area (Å²) >= 11 is 0. The number of imidazole rings is 1. The Labute approximate surface area is 205 Å². The van der Waals surface area contributed by atoms with Gasteiger partial charge in [-0.3, -0.25) is 14.8 Å². The lowest BCUT2D eigenvalue weighted by atomic mass is 9.91. The lowest BCUT2D eigenvalue weighted by Gasteiger charge is -2.31. The van der Waals surface area contributed by atoms with Crippen molar-refractivity contribution in [2.45, 2.75) is 38.5 Å². The second kappa shape index (κ2) is 8.91. The Morgan fingerprint density at radius 2 is 1.83 bits per heavy atom. The zero-order valence-electron chi connectivity index (χ0n) is 20.0. The summed E-state index contributed by atoms with van der Waals surface area (Å²) in [6.07, 6.45) is 3.10. The average Bonchev–Trinajstić information content (AvgIpc) is 3.46. The Morgan fingerprint density at radius 1 is 1.06 bits per heavy atom. The molecule has 9 heteroatoms. The zero-order valence-corrected chi connectivity index (χ0v) is 20.0. The molecule has 184 valence electrons. The van der Waals surface area contributed by atoms with Gasteiger partial charge in [-0.2, -0.15) is 0 Å². The van der Waals surface area contributed by atoms with E-state index in [2.05, 4.69) is 19.9 Å². The Kier molecular flexibility index (Phi) is 5.56. The molecule has 1 aliphatic heterocycles. The summed E-state index contributed by atoms with van der Waals surface area (Å²) in [5.41, 5.74) is 5.74. The number of fused-ring (bicyclic) bond motifs is 4. The van der Waals surface area contributed by atoms with E-state index in [4.69, 9.17) is 9.40 Å². The van der Waals surface area contributed by atoms with Crippen molar-refractivity contribution >= 4 is 38.8 Å². The quantitative estimate of drug-likeness (QED) is 0.312. The molecule has 1 fully saturated rings. The van der Waals surface area contributed by atoms with E-state index in [1.54, 1.807) is 6.07 Å². The van der Waals surface area contributed by atoms with Crippen molar-refractivity contribution in [1.82, 2.24) is 24.8 Å². The number of para-hydroxylation sites is 1. The van der Waals surface area contributed by atoms with Gasteiger partial charge in [0.05, 0.1) is 27.8 Å². The fraction of sp³-hybridized carbons (Fsp3) is 0.333. The summed E-state index contributed by atoms with van der Waals surface area (Å²) < 4.78 is 5.14. The normalized spacial score (nSPS) is 15.4. The Hall–Kier alpha value is -3.98. The molecule has 0 bridgehead atoms. The highest BCUT2D eigenvalue weighted by Crippen LogP contribution is 2.33. The summed E-state index contributed by atoms with van der Waals surface area (Å²) in [6, 6.07) is 11.3. The Bertz CT molecular complexity index is 1720. The second-order valence-corrected chi connectivity index (χ2v) is 9.67. The van der Waals surface area contributed by atoms with Gasteiger partial charge in [-0.1, -0.05) is 18.2 Å². The summed E-state index contributed by atoms with van der Waals surface area (Å²) in [5.74, 6) is -0.186. The SMILES string of the molecule is Cc1cc(C(=O)CCCN2CCC(c3nc4ccccc4c4[nH]c(=O)[nH]c34)CC2)cc2oc(=O)[nH]c12. The van der Waals surface area contributed by atoms with E-state index in [0.29, 0.717) is 23.1 Å². The van der Waals surface area contributed by atoms with Crippen LogP contribution in [0.3, 0.4) is 0 Å². The first-order valence-corrected chi connectivity index (χ1v) is 12.4. The molecule has 0 spiro atoms. The Balaban J connectivity index is 1.09. The second-order valence-electron chi connectivity index (χ2n) is 9.67. The minimum Gasteiger partial charge on any atom is -0.408 e. The van der Waals surface area contributed by atoms with Crippen LogP contribution in [0, 0.1) is 6.92 Å². The van der Waals surface area contributed by atoms with Crippen molar-refractivity contribution in [1.29, 1.82) is 0 Å². The number of ketones is 1. The summed E-state index contributed by atoms with van der Waals surface area (Å²) in [4.78, 5) is 52.2. The van der Waals surface area contributed by atoms with Crippen molar-refractivity contribution in [3.63, 3.8) is 0 Å². The number of aryl methyl sites for hydroxylation is 1. The van der Waals surface area contributed by atoms with E-state index in [9.17, 15) is 14.4 Å². The van der Waals surface area contributed by atoms with Crippen molar-refractivity contribution in [3.8, 4) is 0 Å². The van der Waals surface area contributed by atoms with Crippen LogP contribution in [0.2, 0.25) is 0 Å². The number of piperidine rings is 1. The van der Waals surface area contributed by atoms with E-state index in [-0.39, 0.29) is 17.4 Å². The van der Waals surface area contributed by atoms with Gasteiger partial charge >= 0.3 is 11.4 Å². The van der Waals surface area contributed by atoms with Crippen LogP contribution in [0.1, 0.15) is 53.2 Å². The predicted octanol–water partition coefficient (Wildman–Crippen LogP) is 3.99. The van der Waals surface area contributed by atoms with Crippen LogP contribution in [0.4, 0.5) is 0 Å². The molecule has 0 radical (unpaired) electrons. The molecule has 3 N–H and O–H groups in total. The van der Waals surface area contributed by atoms with Crippen molar-refractivity contribution in [2.24, 2.45) is 0 Å². The lowest BCUT2D eigenvalue weighted by Crippen LogP contribution is -2.34. The van der Waals surface area contributed by atoms with Gasteiger partial charge < -0.3 is 19.3 Å². The van der Waals surface area contributed by atoms with Crippen LogP contribution < -0.4 is 11.4 Å². The smallest absolute Gasteiger partial charge is 0.408 e. The summed E-state index contributed by atoms with van der Waals surface area (Å²) in [6.45, 7) is 4.54. The molecule has 5 aromatic rings. The molecule has 3 aromatic heterocycles. The van der Waals surface area contributed by atoms with Gasteiger partial charge in [0, 0.05) is 23.3 Å². The molecule has 1 aliphatic rings. The largest absolute Gasteiger partial charge is 0.417 e. The topological polar surface area (TPSA) is 128 Å². The van der Waals surface area contributed by atoms with Crippen LogP contribution >= 0.6 is 0 Å². The first kappa shape index (κ1) is 22.5. The number of carbonyl (C=O) groups is 1. The number of hydrogen-bond donors (Lipinski definition) is 3. The number of pyridine rings is 1. The van der Waals surface area contributed by atoms with Gasteiger partial charge in [-0.15, -0.1) is 0 Å². The van der Waals surface area contributed by atoms with Crippen molar-refractivity contribution in [3.05, 3.63) is 74.3 Å². The minimum absolute atomic E-state index is 0.0536. The number of nitrogens with zero attached hydrogens (tertiary/aromatic N) is 2. The average molecular weight is 486 g/mol. The molecule has 9 nitrogen and oxygen atoms in total. The fourth-order valence-corrected chi connectivity index (χ4v) is 5.46. The van der Waals surface area contributed by atoms with Crippen LogP contribution in [0.25, 0.3) is 33.0 Å². The lowest BCUT2D eigenvalue weighted by molar-refractivity contribution is 0.0972. The number of rotatable bonds is 6. The van der Waals surface area contributed by atoms with E-state index < -0.39 is 5.76 Å². The zero-order chi connectivity index (χ0) is 24.8. The van der Waals surface area contributed by atoms with Crippen molar-refractivity contribution in [2.75, 3.05) is 19.6 Å². The third kappa shape index (κ3) is 4.05. The first-order chi connectivity index (χ1) is 17.5. The molecule has 0 atom stereocenters. The predicted molar refractivity (Wildman–Crippen MR) is 138 cm³/mol. The molecule has 0 unspecified atom stereocenters. The third-order valence-electron chi connectivity index (χ3n) is 7.30. The molecule has 36 heavy (non-hydrogen) atoms. The van der Waals surface area contributed by atoms with Gasteiger partial charge in [0.1, 0.15) is 0 Å². The molecule has 0 saturated carbocycles. The molecule has 0 amide bonds. The highest BCUT2D eigenvalue weighted by molar-refractivity contribution is 6.03. The number of Topliss-reactive ketones (excluding diaryl/α,β-unsaturated/α-hetero) is 1. The van der Waals surface area contributed by atoms with E-state index >= 15 is 0 Å². The Morgan fingerprint density at radius 3 is 2.67 bits per heavy atom. The maximum Gasteiger partial charge on any atom is 0.417 e. The van der Waals surface area contributed by atoms with Gasteiger partial charge in [-0.05, 0) is 69.6 Å². The third-order valence-corrected chi connectivity index (χ3v) is 7.30. The van der Waals surface area contributed by atoms with Crippen molar-refractivity contribution < 1.29 is 9.21 Å². The fourth-order valence-electron chi connectivity index (χ4n) is 5.46. The molecule has 6 rings (SSSR count). The number of oxazole rings is 1. The number of hydrogen-bond acceptors (Lipinski definition) is 6.